The van der Waals surface area contributed by atoms with Crippen molar-refractivity contribution in [1.82, 2.24) is 19.6 Å². The number of carbonyl (C=O) groups is 1. The number of halogens is 1. The van der Waals surface area contributed by atoms with Crippen molar-refractivity contribution in [3.05, 3.63) is 40.7 Å². The van der Waals surface area contributed by atoms with Gasteiger partial charge in [0.2, 0.25) is 11.1 Å². The molecule has 1 aromatic carbocycles. The number of carbonyl (C=O) groups excluding carboxylic acids is 1. The fourth-order valence-corrected chi connectivity index (χ4v) is 3.34. The number of aryl methyl sites for hydroxylation is 2. The second-order valence-corrected chi connectivity index (χ2v) is 7.48. The van der Waals surface area contributed by atoms with E-state index in [1.165, 1.54) is 18.9 Å². The number of aromatic nitrogens is 4. The summed E-state index contributed by atoms with van der Waals surface area (Å²) in [6.07, 6.45) is 0. The molecule has 0 bridgehead atoms. The first-order valence-corrected chi connectivity index (χ1v) is 9.15. The summed E-state index contributed by atoms with van der Waals surface area (Å²) in [5.41, 5.74) is 2.33. The molecule has 0 fully saturated rings. The van der Waals surface area contributed by atoms with Crippen LogP contribution in [0, 0.1) is 13.8 Å². The van der Waals surface area contributed by atoms with Crippen LogP contribution in [0.4, 0.5) is 5.69 Å². The first-order valence-electron chi connectivity index (χ1n) is 7.89. The molecule has 0 aliphatic rings. The number of rotatable bonds is 5. The number of nitrogens with one attached hydrogen (secondary N) is 1. The Balaban J connectivity index is 1.75. The second-order valence-electron chi connectivity index (χ2n) is 5.74. The molecule has 136 valence electrons. The Morgan fingerprint density at radius 1 is 1.31 bits per heavy atom. The lowest BCUT2D eigenvalue weighted by Crippen LogP contribution is -2.22. The van der Waals surface area contributed by atoms with Crippen LogP contribution in [0.1, 0.15) is 18.3 Å². The Bertz CT molecular complexity index is 975. The fourth-order valence-electron chi connectivity index (χ4n) is 2.42. The molecule has 1 atom stereocenters. The van der Waals surface area contributed by atoms with Crippen molar-refractivity contribution in [2.75, 3.05) is 12.4 Å². The van der Waals surface area contributed by atoms with Crippen molar-refractivity contribution in [1.29, 1.82) is 0 Å². The van der Waals surface area contributed by atoms with E-state index in [0.29, 0.717) is 27.4 Å². The zero-order valence-electron chi connectivity index (χ0n) is 14.8. The van der Waals surface area contributed by atoms with Gasteiger partial charge in [-0.1, -0.05) is 23.4 Å². The predicted molar refractivity (Wildman–Crippen MR) is 102 cm³/mol. The van der Waals surface area contributed by atoms with E-state index in [4.69, 9.17) is 16.3 Å². The molecule has 1 amide bonds. The molecule has 1 unspecified atom stereocenters. The van der Waals surface area contributed by atoms with Crippen LogP contribution in [0.25, 0.3) is 5.78 Å². The zero-order chi connectivity index (χ0) is 18.8. The number of hydrogen-bond acceptors (Lipinski definition) is 6. The summed E-state index contributed by atoms with van der Waals surface area (Å²) in [6, 6.07) is 6.98. The largest absolute Gasteiger partial charge is 0.495 e. The second kappa shape index (κ2) is 7.51. The van der Waals surface area contributed by atoms with Crippen LogP contribution in [0.15, 0.2) is 29.4 Å². The third kappa shape index (κ3) is 3.91. The van der Waals surface area contributed by atoms with E-state index in [-0.39, 0.29) is 5.91 Å². The average molecular weight is 392 g/mol. The summed E-state index contributed by atoms with van der Waals surface area (Å²) >= 11 is 7.26. The molecule has 0 aliphatic carbocycles. The van der Waals surface area contributed by atoms with Crippen LogP contribution in [0.3, 0.4) is 0 Å². The molecule has 0 spiro atoms. The molecule has 26 heavy (non-hydrogen) atoms. The average Bonchev–Trinajstić information content (AvgIpc) is 2.97. The molecule has 3 aromatic rings. The van der Waals surface area contributed by atoms with E-state index in [0.717, 1.165) is 11.4 Å². The van der Waals surface area contributed by atoms with Gasteiger partial charge in [-0.05, 0) is 45.0 Å². The maximum absolute atomic E-state index is 12.5. The van der Waals surface area contributed by atoms with E-state index in [2.05, 4.69) is 20.4 Å². The van der Waals surface area contributed by atoms with Crippen LogP contribution in [0.2, 0.25) is 5.02 Å². The van der Waals surface area contributed by atoms with Gasteiger partial charge < -0.3 is 10.1 Å². The maximum atomic E-state index is 12.5. The van der Waals surface area contributed by atoms with Crippen LogP contribution >= 0.6 is 23.4 Å². The van der Waals surface area contributed by atoms with Crippen LogP contribution in [-0.2, 0) is 4.79 Å². The van der Waals surface area contributed by atoms with Crippen LogP contribution in [0.5, 0.6) is 5.75 Å². The lowest BCUT2D eigenvalue weighted by Gasteiger charge is -2.13. The maximum Gasteiger partial charge on any atom is 0.253 e. The molecular weight excluding hydrogens is 374 g/mol. The SMILES string of the molecule is COc1ccc(Cl)cc1NC(=O)C(C)Sc1nc2nc(C)cc(C)n2n1. The van der Waals surface area contributed by atoms with E-state index in [1.807, 2.05) is 19.9 Å². The van der Waals surface area contributed by atoms with Crippen LogP contribution in [-0.4, -0.2) is 37.8 Å². The quantitative estimate of drug-likeness (QED) is 0.670. The first kappa shape index (κ1) is 18.5. The smallest absolute Gasteiger partial charge is 0.253 e. The number of ether oxygens (including phenoxy) is 1. The minimum atomic E-state index is -0.419. The Kier molecular flexibility index (Phi) is 5.33. The van der Waals surface area contributed by atoms with Gasteiger partial charge in [-0.3, -0.25) is 4.79 Å². The number of hydrogen-bond donors (Lipinski definition) is 1. The number of fused-ring (bicyclic) bond motifs is 1. The molecule has 7 nitrogen and oxygen atoms in total. The van der Waals surface area contributed by atoms with Crippen molar-refractivity contribution < 1.29 is 9.53 Å². The summed E-state index contributed by atoms with van der Waals surface area (Å²) in [7, 11) is 1.54. The Morgan fingerprint density at radius 2 is 2.08 bits per heavy atom. The first-order chi connectivity index (χ1) is 12.4. The molecule has 1 N–H and O–H groups in total. The highest BCUT2D eigenvalue weighted by Gasteiger charge is 2.19. The highest BCUT2D eigenvalue weighted by Crippen LogP contribution is 2.29. The summed E-state index contributed by atoms with van der Waals surface area (Å²) in [6.45, 7) is 5.63. The van der Waals surface area contributed by atoms with E-state index >= 15 is 0 Å². The lowest BCUT2D eigenvalue weighted by atomic mass is 10.3. The minimum absolute atomic E-state index is 0.199. The number of amides is 1. The molecular formula is C17H18ClN5O2S. The number of anilines is 1. The van der Waals surface area contributed by atoms with E-state index < -0.39 is 5.25 Å². The third-order valence-electron chi connectivity index (χ3n) is 3.67. The van der Waals surface area contributed by atoms with E-state index in [1.54, 1.807) is 29.6 Å². The summed E-state index contributed by atoms with van der Waals surface area (Å²) < 4.78 is 6.91. The third-order valence-corrected chi connectivity index (χ3v) is 4.86. The summed E-state index contributed by atoms with van der Waals surface area (Å²) in [5.74, 6) is 0.866. The molecule has 3 rings (SSSR count). The van der Waals surface area contributed by atoms with Gasteiger partial charge in [0.25, 0.3) is 5.78 Å². The van der Waals surface area contributed by atoms with Crippen molar-refractivity contribution in [3.8, 4) is 5.75 Å². The monoisotopic (exact) mass is 391 g/mol. The Morgan fingerprint density at radius 3 is 2.81 bits per heavy atom. The lowest BCUT2D eigenvalue weighted by molar-refractivity contribution is -0.115. The normalized spacial score (nSPS) is 12.2. The van der Waals surface area contributed by atoms with Gasteiger partial charge >= 0.3 is 0 Å². The number of thioether (sulfide) groups is 1. The molecule has 2 heterocycles. The van der Waals surface area contributed by atoms with Gasteiger partial charge in [-0.15, -0.1) is 5.10 Å². The molecule has 2 aromatic heterocycles. The topological polar surface area (TPSA) is 81.4 Å². The summed E-state index contributed by atoms with van der Waals surface area (Å²) in [5, 5.41) is 7.83. The van der Waals surface area contributed by atoms with Crippen molar-refractivity contribution in [2.45, 2.75) is 31.2 Å². The highest BCUT2D eigenvalue weighted by molar-refractivity contribution is 8.00. The van der Waals surface area contributed by atoms with Gasteiger partial charge in [0.15, 0.2) is 0 Å². The molecule has 0 radical (unpaired) electrons. The summed E-state index contributed by atoms with van der Waals surface area (Å²) in [4.78, 5) is 21.3. The van der Waals surface area contributed by atoms with Crippen molar-refractivity contribution in [3.63, 3.8) is 0 Å². The molecule has 9 heteroatoms. The van der Waals surface area contributed by atoms with Gasteiger partial charge in [0.05, 0.1) is 18.0 Å². The Labute approximate surface area is 160 Å². The molecule has 0 saturated carbocycles. The van der Waals surface area contributed by atoms with Gasteiger partial charge in [-0.2, -0.15) is 4.98 Å². The minimum Gasteiger partial charge on any atom is -0.495 e. The zero-order valence-corrected chi connectivity index (χ0v) is 16.4. The van der Waals surface area contributed by atoms with Gasteiger partial charge in [0, 0.05) is 16.4 Å². The number of nitrogens with zero attached hydrogens (tertiary/aromatic N) is 4. The highest BCUT2D eigenvalue weighted by atomic mass is 35.5. The van der Waals surface area contributed by atoms with Crippen molar-refractivity contribution in [2.24, 2.45) is 0 Å². The number of methoxy groups -OCH3 is 1. The molecule has 0 aliphatic heterocycles. The standard InChI is InChI=1S/C17H18ClN5O2S/c1-9-7-10(2)23-16(19-9)21-17(22-23)26-11(3)15(24)20-13-8-12(18)5-6-14(13)25-4/h5-8,11H,1-4H3,(H,20,24). The van der Waals surface area contributed by atoms with Crippen LogP contribution < -0.4 is 10.1 Å². The van der Waals surface area contributed by atoms with Gasteiger partial charge in [0.1, 0.15) is 5.75 Å². The van der Waals surface area contributed by atoms with Gasteiger partial charge in [-0.25, -0.2) is 9.50 Å². The van der Waals surface area contributed by atoms with Crippen molar-refractivity contribution >= 4 is 40.7 Å². The predicted octanol–water partition coefficient (Wildman–Crippen LogP) is 3.52. The molecule has 0 saturated heterocycles. The fraction of sp³-hybridized carbons (Fsp3) is 0.294. The van der Waals surface area contributed by atoms with E-state index in [9.17, 15) is 4.79 Å². The number of benzene rings is 1. The Hall–Kier alpha value is -2.32.